The van der Waals surface area contributed by atoms with Crippen LogP contribution in [0, 0.1) is 0 Å². The Hall–Kier alpha value is -1.77. The van der Waals surface area contributed by atoms with Crippen LogP contribution in [0.2, 0.25) is 0 Å². The summed E-state index contributed by atoms with van der Waals surface area (Å²) in [5, 5.41) is 11.5. The molecule has 1 rings (SSSR count). The number of nitrogens with one attached hydrogen (secondary N) is 1. The lowest BCUT2D eigenvalue weighted by Crippen LogP contribution is -2.14. The molecule has 0 bridgehead atoms. The first kappa shape index (κ1) is 11.3. The van der Waals surface area contributed by atoms with Gasteiger partial charge in [-0.05, 0) is 12.0 Å². The second-order valence-corrected chi connectivity index (χ2v) is 3.21. The zero-order chi connectivity index (χ0) is 11.1. The van der Waals surface area contributed by atoms with E-state index < -0.39 is 5.97 Å². The van der Waals surface area contributed by atoms with E-state index in [-0.39, 0.29) is 6.04 Å². The molecule has 15 heavy (non-hydrogen) atoms. The molecular weight excluding hydrogens is 190 g/mol. The normalized spacial score (nSPS) is 12.6. The molecule has 1 aromatic carbocycles. The highest BCUT2D eigenvalue weighted by molar-refractivity contribution is 5.79. The fourth-order valence-electron chi connectivity index (χ4n) is 1.37. The fraction of sp³-hybridized carbons (Fsp3) is 0.250. The minimum atomic E-state index is -0.939. The lowest BCUT2D eigenvalue weighted by molar-refractivity contribution is -0.131. The second-order valence-electron chi connectivity index (χ2n) is 3.21. The standard InChI is InChI=1S/C12H15NO2/c1-2-11(13-9-8-12(14)15)10-6-4-3-5-7-10/h3-9,11,13H,2H2,1H3,(H,14,15)/b9-8+. The molecule has 80 valence electrons. The summed E-state index contributed by atoms with van der Waals surface area (Å²) in [7, 11) is 0. The van der Waals surface area contributed by atoms with Gasteiger partial charge in [0.05, 0.1) is 6.04 Å². The monoisotopic (exact) mass is 205 g/mol. The Kier molecular flexibility index (Phi) is 4.41. The quantitative estimate of drug-likeness (QED) is 0.725. The maximum atomic E-state index is 10.3. The van der Waals surface area contributed by atoms with E-state index in [0.717, 1.165) is 18.1 Å². The molecule has 2 N–H and O–H groups in total. The van der Waals surface area contributed by atoms with Crippen LogP contribution < -0.4 is 5.32 Å². The van der Waals surface area contributed by atoms with Crippen LogP contribution in [-0.4, -0.2) is 11.1 Å². The number of carboxylic acids is 1. The predicted octanol–water partition coefficient (Wildman–Crippen LogP) is 2.33. The van der Waals surface area contributed by atoms with Crippen molar-refractivity contribution in [1.29, 1.82) is 0 Å². The van der Waals surface area contributed by atoms with Gasteiger partial charge in [0.1, 0.15) is 0 Å². The molecule has 1 unspecified atom stereocenters. The van der Waals surface area contributed by atoms with Gasteiger partial charge in [-0.3, -0.25) is 0 Å². The van der Waals surface area contributed by atoms with Crippen LogP contribution in [0.25, 0.3) is 0 Å². The van der Waals surface area contributed by atoms with E-state index in [4.69, 9.17) is 5.11 Å². The molecule has 3 heteroatoms. The molecule has 0 radical (unpaired) electrons. The summed E-state index contributed by atoms with van der Waals surface area (Å²) in [4.78, 5) is 10.3. The summed E-state index contributed by atoms with van der Waals surface area (Å²) in [5.74, 6) is -0.939. The van der Waals surface area contributed by atoms with E-state index in [2.05, 4.69) is 12.2 Å². The minimum absolute atomic E-state index is 0.168. The Bertz CT molecular complexity index is 333. The Labute approximate surface area is 89.4 Å². The van der Waals surface area contributed by atoms with E-state index >= 15 is 0 Å². The number of rotatable bonds is 5. The van der Waals surface area contributed by atoms with Crippen molar-refractivity contribution >= 4 is 5.97 Å². The van der Waals surface area contributed by atoms with Crippen molar-refractivity contribution in [2.75, 3.05) is 0 Å². The predicted molar refractivity (Wildman–Crippen MR) is 59.4 cm³/mol. The molecule has 0 saturated heterocycles. The SMILES string of the molecule is CCC(N/C=C/C(=O)O)c1ccccc1. The van der Waals surface area contributed by atoms with Crippen molar-refractivity contribution in [2.45, 2.75) is 19.4 Å². The summed E-state index contributed by atoms with van der Waals surface area (Å²) >= 11 is 0. The highest BCUT2D eigenvalue weighted by Gasteiger charge is 2.04. The molecule has 0 fully saturated rings. The number of hydrogen-bond acceptors (Lipinski definition) is 2. The van der Waals surface area contributed by atoms with Gasteiger partial charge in [0.15, 0.2) is 0 Å². The average Bonchev–Trinajstić information content (AvgIpc) is 2.25. The number of hydrogen-bond donors (Lipinski definition) is 2. The summed E-state index contributed by atoms with van der Waals surface area (Å²) in [6, 6.07) is 10.1. The van der Waals surface area contributed by atoms with Gasteiger partial charge in [-0.15, -0.1) is 0 Å². The smallest absolute Gasteiger partial charge is 0.329 e. The third kappa shape index (κ3) is 3.85. The third-order valence-electron chi connectivity index (χ3n) is 2.13. The Morgan fingerprint density at radius 2 is 2.13 bits per heavy atom. The fourth-order valence-corrected chi connectivity index (χ4v) is 1.37. The van der Waals surface area contributed by atoms with E-state index in [1.165, 1.54) is 6.20 Å². The molecule has 0 heterocycles. The molecular formula is C12H15NO2. The molecule has 0 spiro atoms. The summed E-state index contributed by atoms with van der Waals surface area (Å²) in [6.45, 7) is 2.05. The number of aliphatic carboxylic acids is 1. The van der Waals surface area contributed by atoms with E-state index in [9.17, 15) is 4.79 Å². The summed E-state index contributed by atoms with van der Waals surface area (Å²) in [5.41, 5.74) is 1.16. The minimum Gasteiger partial charge on any atom is -0.478 e. The summed E-state index contributed by atoms with van der Waals surface area (Å²) in [6.07, 6.45) is 3.49. The van der Waals surface area contributed by atoms with Crippen LogP contribution in [0.1, 0.15) is 24.9 Å². The van der Waals surface area contributed by atoms with Gasteiger partial charge < -0.3 is 10.4 Å². The van der Waals surface area contributed by atoms with Crippen molar-refractivity contribution in [3.05, 3.63) is 48.2 Å². The molecule has 3 nitrogen and oxygen atoms in total. The molecule has 0 aliphatic heterocycles. The topological polar surface area (TPSA) is 49.3 Å². The van der Waals surface area contributed by atoms with Crippen molar-refractivity contribution in [3.8, 4) is 0 Å². The number of benzene rings is 1. The highest BCUT2D eigenvalue weighted by Crippen LogP contribution is 2.15. The van der Waals surface area contributed by atoms with Gasteiger partial charge in [0.2, 0.25) is 0 Å². The lowest BCUT2D eigenvalue weighted by Gasteiger charge is -2.15. The van der Waals surface area contributed by atoms with Crippen molar-refractivity contribution in [1.82, 2.24) is 5.32 Å². The Morgan fingerprint density at radius 3 is 2.67 bits per heavy atom. The van der Waals surface area contributed by atoms with Crippen molar-refractivity contribution in [3.63, 3.8) is 0 Å². The second kappa shape index (κ2) is 5.86. The molecule has 0 aromatic heterocycles. The number of carbonyl (C=O) groups is 1. The average molecular weight is 205 g/mol. The maximum Gasteiger partial charge on any atom is 0.329 e. The van der Waals surface area contributed by atoms with Crippen LogP contribution in [0.4, 0.5) is 0 Å². The molecule has 1 aromatic rings. The van der Waals surface area contributed by atoms with Gasteiger partial charge in [0, 0.05) is 12.3 Å². The van der Waals surface area contributed by atoms with Gasteiger partial charge >= 0.3 is 5.97 Å². The van der Waals surface area contributed by atoms with Gasteiger partial charge in [-0.2, -0.15) is 0 Å². The van der Waals surface area contributed by atoms with Crippen molar-refractivity contribution in [2.24, 2.45) is 0 Å². The Balaban J connectivity index is 2.61. The van der Waals surface area contributed by atoms with Gasteiger partial charge in [-0.25, -0.2) is 4.79 Å². The maximum absolute atomic E-state index is 10.3. The lowest BCUT2D eigenvalue weighted by atomic mass is 10.1. The zero-order valence-corrected chi connectivity index (χ0v) is 8.68. The van der Waals surface area contributed by atoms with Gasteiger partial charge in [-0.1, -0.05) is 37.3 Å². The first-order valence-electron chi connectivity index (χ1n) is 4.94. The first-order chi connectivity index (χ1) is 7.24. The largest absolute Gasteiger partial charge is 0.478 e. The van der Waals surface area contributed by atoms with E-state index in [1.807, 2.05) is 30.3 Å². The van der Waals surface area contributed by atoms with Crippen LogP contribution in [0.5, 0.6) is 0 Å². The first-order valence-corrected chi connectivity index (χ1v) is 4.94. The van der Waals surface area contributed by atoms with Gasteiger partial charge in [0.25, 0.3) is 0 Å². The van der Waals surface area contributed by atoms with E-state index in [1.54, 1.807) is 0 Å². The van der Waals surface area contributed by atoms with Crippen LogP contribution in [0.15, 0.2) is 42.6 Å². The van der Waals surface area contributed by atoms with Crippen LogP contribution in [0.3, 0.4) is 0 Å². The van der Waals surface area contributed by atoms with E-state index in [0.29, 0.717) is 0 Å². The Morgan fingerprint density at radius 1 is 1.47 bits per heavy atom. The summed E-state index contributed by atoms with van der Waals surface area (Å²) < 4.78 is 0. The molecule has 0 aliphatic carbocycles. The van der Waals surface area contributed by atoms with Crippen molar-refractivity contribution < 1.29 is 9.90 Å². The molecule has 0 saturated carbocycles. The molecule has 0 amide bonds. The van der Waals surface area contributed by atoms with Crippen LogP contribution >= 0.6 is 0 Å². The van der Waals surface area contributed by atoms with Crippen LogP contribution in [-0.2, 0) is 4.79 Å². The molecule has 0 aliphatic rings. The highest BCUT2D eigenvalue weighted by atomic mass is 16.4. The third-order valence-corrected chi connectivity index (χ3v) is 2.13. The zero-order valence-electron chi connectivity index (χ0n) is 8.68. The molecule has 1 atom stereocenters. The number of carboxylic acid groups (broad SMARTS) is 1.